The van der Waals surface area contributed by atoms with Gasteiger partial charge in [0, 0.05) is 35.2 Å². The van der Waals surface area contributed by atoms with Gasteiger partial charge in [-0.3, -0.25) is 4.98 Å². The van der Waals surface area contributed by atoms with Crippen LogP contribution in [0.15, 0.2) is 91.3 Å². The van der Waals surface area contributed by atoms with Gasteiger partial charge in [0.1, 0.15) is 5.15 Å². The summed E-state index contributed by atoms with van der Waals surface area (Å²) in [5.74, 6) is 0. The summed E-state index contributed by atoms with van der Waals surface area (Å²) in [4.78, 5) is 9.13. The van der Waals surface area contributed by atoms with E-state index in [0.29, 0.717) is 16.6 Å². The maximum absolute atomic E-state index is 7.03. The third-order valence-corrected chi connectivity index (χ3v) is 7.62. The average Bonchev–Trinajstić information content (AvgIpc) is 2.87. The third kappa shape index (κ3) is 4.45. The first-order chi connectivity index (χ1) is 16.9. The summed E-state index contributed by atoms with van der Waals surface area (Å²) >= 11 is 13.7. The summed E-state index contributed by atoms with van der Waals surface area (Å²) in [6.07, 6.45) is 4.38. The van der Waals surface area contributed by atoms with Crippen LogP contribution in [0.3, 0.4) is 0 Å². The van der Waals surface area contributed by atoms with E-state index in [1.165, 1.54) is 16.7 Å². The first-order valence-corrected chi connectivity index (χ1v) is 12.4. The number of fused-ring (bicyclic) bond motifs is 1. The van der Waals surface area contributed by atoms with Crippen LogP contribution >= 0.6 is 23.2 Å². The fraction of sp³-hybridized carbons (Fsp3) is 0.161. The Morgan fingerprint density at radius 2 is 1.51 bits per heavy atom. The molecule has 0 N–H and O–H groups in total. The zero-order valence-electron chi connectivity index (χ0n) is 20.0. The summed E-state index contributed by atoms with van der Waals surface area (Å²) in [6.45, 7) is 6.44. The summed E-state index contributed by atoms with van der Waals surface area (Å²) in [5.41, 5.74) is 8.23. The number of hydrogen-bond donors (Lipinski definition) is 0. The zero-order chi connectivity index (χ0) is 24.6. The van der Waals surface area contributed by atoms with Gasteiger partial charge < -0.3 is 0 Å². The van der Waals surface area contributed by atoms with Gasteiger partial charge in [0.15, 0.2) is 0 Å². The highest BCUT2D eigenvalue weighted by Gasteiger charge is 2.32. The minimum atomic E-state index is -0.422. The van der Waals surface area contributed by atoms with E-state index in [4.69, 9.17) is 28.2 Å². The minimum absolute atomic E-state index is 0.422. The number of halogens is 2. The molecule has 5 aromatic rings. The monoisotopic (exact) mass is 496 g/mol. The van der Waals surface area contributed by atoms with Crippen LogP contribution in [0.1, 0.15) is 45.9 Å². The van der Waals surface area contributed by atoms with E-state index in [0.717, 1.165) is 33.2 Å². The third-order valence-electron chi connectivity index (χ3n) is 6.88. The molecular formula is C31H26Cl2N2. The second-order valence-electron chi connectivity index (χ2n) is 9.33. The van der Waals surface area contributed by atoms with E-state index in [9.17, 15) is 0 Å². The van der Waals surface area contributed by atoms with Gasteiger partial charge in [0.25, 0.3) is 0 Å². The van der Waals surface area contributed by atoms with Crippen molar-refractivity contribution < 1.29 is 0 Å². The molecule has 0 fully saturated rings. The number of benzene rings is 3. The van der Waals surface area contributed by atoms with Crippen molar-refractivity contribution in [1.82, 2.24) is 9.97 Å². The first-order valence-electron chi connectivity index (χ1n) is 11.7. The standard InChI is InChI=1S/C31H26Cl2N2/c1-20-9-11-22(12-10-20)17-27-29(32)26-18-24(13-14-28(26)35-30(27)33)31(3,25-8-5-15-34-19-25)23-7-4-6-21(2)16-23/h4-16,18-19H,17H2,1-3H3. The zero-order valence-corrected chi connectivity index (χ0v) is 21.5. The predicted octanol–water partition coefficient (Wildman–Crippen LogP) is 8.50. The molecule has 2 heterocycles. The molecule has 1 unspecified atom stereocenters. The van der Waals surface area contributed by atoms with Crippen LogP contribution in [0.25, 0.3) is 10.9 Å². The summed E-state index contributed by atoms with van der Waals surface area (Å²) in [7, 11) is 0. The Morgan fingerprint density at radius 3 is 2.23 bits per heavy atom. The molecule has 0 aliphatic carbocycles. The van der Waals surface area contributed by atoms with Crippen LogP contribution in [0.5, 0.6) is 0 Å². The molecular weight excluding hydrogens is 471 g/mol. The molecule has 0 spiro atoms. The number of aryl methyl sites for hydroxylation is 2. The number of aromatic nitrogens is 2. The number of hydrogen-bond acceptors (Lipinski definition) is 2. The summed E-state index contributed by atoms with van der Waals surface area (Å²) in [6, 6.07) is 27.5. The molecule has 0 radical (unpaired) electrons. The van der Waals surface area contributed by atoms with Gasteiger partial charge in [-0.05, 0) is 61.2 Å². The van der Waals surface area contributed by atoms with Crippen molar-refractivity contribution in [3.05, 3.63) is 140 Å². The van der Waals surface area contributed by atoms with Gasteiger partial charge in [-0.25, -0.2) is 4.98 Å². The normalized spacial score (nSPS) is 13.1. The van der Waals surface area contributed by atoms with Gasteiger partial charge in [-0.1, -0.05) is 95.0 Å². The quantitative estimate of drug-likeness (QED) is 0.228. The minimum Gasteiger partial charge on any atom is -0.264 e. The van der Waals surface area contributed by atoms with Crippen molar-refractivity contribution in [1.29, 1.82) is 0 Å². The molecule has 0 amide bonds. The van der Waals surface area contributed by atoms with Crippen LogP contribution in [0.4, 0.5) is 0 Å². The van der Waals surface area contributed by atoms with E-state index in [-0.39, 0.29) is 0 Å². The van der Waals surface area contributed by atoms with Crippen molar-refractivity contribution in [2.24, 2.45) is 0 Å². The van der Waals surface area contributed by atoms with E-state index < -0.39 is 5.41 Å². The Bertz CT molecular complexity index is 1510. The molecule has 0 aliphatic rings. The number of nitrogens with zero attached hydrogens (tertiary/aromatic N) is 2. The number of rotatable bonds is 5. The van der Waals surface area contributed by atoms with E-state index in [2.05, 4.69) is 92.5 Å². The molecule has 35 heavy (non-hydrogen) atoms. The van der Waals surface area contributed by atoms with Crippen molar-refractivity contribution in [3.63, 3.8) is 0 Å². The average molecular weight is 497 g/mol. The smallest absolute Gasteiger partial charge is 0.134 e. The molecule has 0 saturated carbocycles. The Hall–Kier alpha value is -3.20. The van der Waals surface area contributed by atoms with E-state index >= 15 is 0 Å². The molecule has 174 valence electrons. The second-order valence-corrected chi connectivity index (χ2v) is 10.1. The van der Waals surface area contributed by atoms with Crippen molar-refractivity contribution >= 4 is 34.1 Å². The Balaban J connectivity index is 1.69. The fourth-order valence-corrected chi connectivity index (χ4v) is 5.33. The van der Waals surface area contributed by atoms with Gasteiger partial charge in [-0.15, -0.1) is 0 Å². The van der Waals surface area contributed by atoms with Gasteiger partial charge in [0.2, 0.25) is 0 Å². The second kappa shape index (κ2) is 9.45. The maximum Gasteiger partial charge on any atom is 0.134 e. The SMILES string of the molecule is Cc1ccc(Cc2c(Cl)nc3ccc(C(C)(c4cccnc4)c4cccc(C)c4)cc3c2Cl)cc1. The molecule has 1 atom stereocenters. The van der Waals surface area contributed by atoms with Crippen LogP contribution < -0.4 is 0 Å². The lowest BCUT2D eigenvalue weighted by atomic mass is 9.71. The highest BCUT2D eigenvalue weighted by Crippen LogP contribution is 2.41. The number of pyridine rings is 2. The van der Waals surface area contributed by atoms with Crippen molar-refractivity contribution in [2.45, 2.75) is 32.6 Å². The van der Waals surface area contributed by atoms with Crippen LogP contribution in [0.2, 0.25) is 10.2 Å². The molecule has 2 aromatic heterocycles. The maximum atomic E-state index is 7.03. The van der Waals surface area contributed by atoms with Crippen molar-refractivity contribution in [2.75, 3.05) is 0 Å². The molecule has 0 saturated heterocycles. The van der Waals surface area contributed by atoms with E-state index in [1.54, 1.807) is 6.20 Å². The molecule has 2 nitrogen and oxygen atoms in total. The van der Waals surface area contributed by atoms with Crippen LogP contribution in [-0.4, -0.2) is 9.97 Å². The topological polar surface area (TPSA) is 25.8 Å². The van der Waals surface area contributed by atoms with Gasteiger partial charge in [0.05, 0.1) is 10.5 Å². The lowest BCUT2D eigenvalue weighted by Gasteiger charge is -2.32. The largest absolute Gasteiger partial charge is 0.264 e. The molecule has 5 rings (SSSR count). The molecule has 4 heteroatoms. The lowest BCUT2D eigenvalue weighted by Crippen LogP contribution is -2.25. The van der Waals surface area contributed by atoms with Crippen LogP contribution in [-0.2, 0) is 11.8 Å². The van der Waals surface area contributed by atoms with Gasteiger partial charge in [-0.2, -0.15) is 0 Å². The molecule has 0 aliphatic heterocycles. The Kier molecular flexibility index (Phi) is 6.35. The highest BCUT2D eigenvalue weighted by molar-refractivity contribution is 6.39. The Morgan fingerprint density at radius 1 is 0.771 bits per heavy atom. The molecule has 0 bridgehead atoms. The Labute approximate surface area is 216 Å². The van der Waals surface area contributed by atoms with Crippen LogP contribution in [0, 0.1) is 13.8 Å². The van der Waals surface area contributed by atoms with Gasteiger partial charge >= 0.3 is 0 Å². The predicted molar refractivity (Wildman–Crippen MR) is 147 cm³/mol. The van der Waals surface area contributed by atoms with Crippen molar-refractivity contribution in [3.8, 4) is 0 Å². The highest BCUT2D eigenvalue weighted by atomic mass is 35.5. The lowest BCUT2D eigenvalue weighted by molar-refractivity contribution is 0.688. The van der Waals surface area contributed by atoms with E-state index in [1.807, 2.05) is 18.3 Å². The summed E-state index contributed by atoms with van der Waals surface area (Å²) < 4.78 is 0. The summed E-state index contributed by atoms with van der Waals surface area (Å²) in [5, 5.41) is 2.00. The fourth-order valence-electron chi connectivity index (χ4n) is 4.72. The first kappa shape index (κ1) is 23.5. The molecule has 3 aromatic carbocycles.